The van der Waals surface area contributed by atoms with Crippen LogP contribution in [0.4, 0.5) is 17.3 Å². The molecule has 0 bridgehead atoms. The van der Waals surface area contributed by atoms with Crippen molar-refractivity contribution >= 4 is 29.2 Å². The van der Waals surface area contributed by atoms with Crippen molar-refractivity contribution < 1.29 is 19.1 Å². The van der Waals surface area contributed by atoms with Crippen LogP contribution in [0.2, 0.25) is 0 Å². The first kappa shape index (κ1) is 20.3. The smallest absolute Gasteiger partial charge is 0.348 e. The molecule has 1 amide bonds. The molecule has 1 aromatic heterocycles. The second-order valence-electron chi connectivity index (χ2n) is 7.19. The Hall–Kier alpha value is -3.94. The fourth-order valence-corrected chi connectivity index (χ4v) is 3.48. The van der Waals surface area contributed by atoms with E-state index in [1.165, 1.54) is 12.0 Å². The number of esters is 1. The van der Waals surface area contributed by atoms with Crippen LogP contribution in [0.15, 0.2) is 54.6 Å². The van der Waals surface area contributed by atoms with Gasteiger partial charge in [0.05, 0.1) is 19.3 Å². The number of aromatic nitrogens is 2. The lowest BCUT2D eigenvalue weighted by Crippen LogP contribution is -2.47. The number of carbonyl (C=O) groups is 2. The van der Waals surface area contributed by atoms with Gasteiger partial charge in [0.25, 0.3) is 5.91 Å². The number of nitrogens with one attached hydrogen (secondary N) is 1. The molecule has 1 N–H and O–H groups in total. The maximum atomic E-state index is 13.4. The number of carbonyl (C=O) groups excluding carboxylic acids is 2. The molecular weight excluding hydrogens is 396 g/mol. The van der Waals surface area contributed by atoms with Gasteiger partial charge in [0, 0.05) is 22.6 Å². The minimum atomic E-state index is -0.895. The third-order valence-corrected chi connectivity index (χ3v) is 4.83. The molecule has 4 rings (SSSR count). The number of amides is 1. The zero-order valence-corrected chi connectivity index (χ0v) is 17.5. The van der Waals surface area contributed by atoms with Crippen molar-refractivity contribution in [1.29, 1.82) is 0 Å². The Kier molecular flexibility index (Phi) is 5.53. The monoisotopic (exact) mass is 418 g/mol. The summed E-state index contributed by atoms with van der Waals surface area (Å²) in [6, 6.07) is 16.1. The number of aryl methyl sites for hydroxylation is 2. The topological polar surface area (TPSA) is 93.7 Å². The molecular formula is C23H22N4O4. The molecule has 31 heavy (non-hydrogen) atoms. The number of benzene rings is 2. The summed E-state index contributed by atoms with van der Waals surface area (Å²) >= 11 is 0. The number of anilines is 3. The second-order valence-corrected chi connectivity index (χ2v) is 7.19. The number of methoxy groups -OCH3 is 1. The molecule has 0 saturated carbocycles. The molecule has 3 aromatic rings. The van der Waals surface area contributed by atoms with Crippen LogP contribution >= 0.6 is 0 Å². The summed E-state index contributed by atoms with van der Waals surface area (Å²) in [5.41, 5.74) is 3.43. The van der Waals surface area contributed by atoms with Gasteiger partial charge in [0.2, 0.25) is 12.1 Å². The standard InChI is InChI=1S/C23H22N4O4/c1-14-11-15(2)25-23(24-14)26-17-8-6-7-16(12-17)21(28)27-13-20(22(29)30-3)31-19-10-5-4-9-18(19)27/h4-12,20H,13H2,1-3H3,(H,24,25,26). The van der Waals surface area contributed by atoms with Gasteiger partial charge in [0.15, 0.2) is 0 Å². The third-order valence-electron chi connectivity index (χ3n) is 4.83. The van der Waals surface area contributed by atoms with Gasteiger partial charge in [-0.15, -0.1) is 0 Å². The molecule has 0 aliphatic carbocycles. The summed E-state index contributed by atoms with van der Waals surface area (Å²) in [4.78, 5) is 35.8. The van der Waals surface area contributed by atoms with Gasteiger partial charge in [-0.3, -0.25) is 4.79 Å². The van der Waals surface area contributed by atoms with Crippen LogP contribution in [0.3, 0.4) is 0 Å². The van der Waals surface area contributed by atoms with Crippen LogP contribution in [0.5, 0.6) is 5.75 Å². The van der Waals surface area contributed by atoms with Gasteiger partial charge in [-0.1, -0.05) is 18.2 Å². The van der Waals surface area contributed by atoms with Crippen LogP contribution in [0, 0.1) is 13.8 Å². The Bertz CT molecular complexity index is 1130. The number of rotatable bonds is 4. The van der Waals surface area contributed by atoms with Gasteiger partial charge in [-0.05, 0) is 50.2 Å². The SMILES string of the molecule is COC(=O)C1CN(C(=O)c2cccc(Nc3nc(C)cc(C)n3)c2)c2ccccc2O1. The van der Waals surface area contributed by atoms with E-state index in [1.54, 1.807) is 36.4 Å². The Balaban J connectivity index is 1.63. The van der Waals surface area contributed by atoms with Crippen LogP contribution in [0.1, 0.15) is 21.7 Å². The van der Waals surface area contributed by atoms with Crippen LogP contribution in [-0.4, -0.2) is 41.6 Å². The maximum Gasteiger partial charge on any atom is 0.348 e. The highest BCUT2D eigenvalue weighted by Gasteiger charge is 2.34. The molecule has 8 nitrogen and oxygen atoms in total. The van der Waals surface area contributed by atoms with E-state index in [2.05, 4.69) is 15.3 Å². The maximum absolute atomic E-state index is 13.4. The third kappa shape index (κ3) is 4.32. The first-order valence-electron chi connectivity index (χ1n) is 9.79. The first-order valence-corrected chi connectivity index (χ1v) is 9.79. The van der Waals surface area contributed by atoms with Gasteiger partial charge in [-0.25, -0.2) is 14.8 Å². The summed E-state index contributed by atoms with van der Waals surface area (Å²) in [5, 5.41) is 3.15. The fraction of sp³-hybridized carbons (Fsp3) is 0.217. The second kappa shape index (κ2) is 8.43. The molecule has 1 aliphatic heterocycles. The van der Waals surface area contributed by atoms with Crippen molar-refractivity contribution in [2.24, 2.45) is 0 Å². The summed E-state index contributed by atoms with van der Waals surface area (Å²) in [6.07, 6.45) is -0.895. The lowest BCUT2D eigenvalue weighted by Gasteiger charge is -2.33. The number of hydrogen-bond acceptors (Lipinski definition) is 7. The molecule has 1 atom stereocenters. The number of fused-ring (bicyclic) bond motifs is 1. The summed E-state index contributed by atoms with van der Waals surface area (Å²) in [7, 11) is 1.29. The van der Waals surface area contributed by atoms with E-state index in [-0.39, 0.29) is 12.5 Å². The van der Waals surface area contributed by atoms with E-state index in [1.807, 2.05) is 32.0 Å². The highest BCUT2D eigenvalue weighted by Crippen LogP contribution is 2.34. The van der Waals surface area contributed by atoms with Gasteiger partial charge in [0.1, 0.15) is 5.75 Å². The molecule has 0 saturated heterocycles. The predicted octanol–water partition coefficient (Wildman–Crippen LogP) is 3.42. The highest BCUT2D eigenvalue weighted by molar-refractivity contribution is 6.08. The molecule has 8 heteroatoms. The molecule has 1 unspecified atom stereocenters. The number of hydrogen-bond donors (Lipinski definition) is 1. The van der Waals surface area contributed by atoms with Crippen molar-refractivity contribution in [2.45, 2.75) is 20.0 Å². The fourth-order valence-electron chi connectivity index (χ4n) is 3.48. The van der Waals surface area contributed by atoms with Crippen LogP contribution < -0.4 is 15.0 Å². The minimum Gasteiger partial charge on any atom is -0.475 e. The zero-order chi connectivity index (χ0) is 22.0. The Morgan fingerprint density at radius 1 is 1.06 bits per heavy atom. The van der Waals surface area contributed by atoms with Crippen molar-refractivity contribution in [3.05, 3.63) is 71.5 Å². The van der Waals surface area contributed by atoms with Crippen LogP contribution in [0.25, 0.3) is 0 Å². The lowest BCUT2D eigenvalue weighted by atomic mass is 10.1. The highest BCUT2D eigenvalue weighted by atomic mass is 16.6. The first-order chi connectivity index (χ1) is 14.9. The number of ether oxygens (including phenoxy) is 2. The van der Waals surface area contributed by atoms with E-state index in [4.69, 9.17) is 9.47 Å². The van der Waals surface area contributed by atoms with Crippen molar-refractivity contribution in [3.63, 3.8) is 0 Å². The average molecular weight is 418 g/mol. The largest absolute Gasteiger partial charge is 0.475 e. The van der Waals surface area contributed by atoms with E-state index in [9.17, 15) is 9.59 Å². The lowest BCUT2D eigenvalue weighted by molar-refractivity contribution is -0.148. The quantitative estimate of drug-likeness (QED) is 0.649. The average Bonchev–Trinajstić information content (AvgIpc) is 2.76. The molecule has 0 radical (unpaired) electrons. The predicted molar refractivity (Wildman–Crippen MR) is 116 cm³/mol. The van der Waals surface area contributed by atoms with Gasteiger partial charge >= 0.3 is 5.97 Å². The normalized spacial score (nSPS) is 14.9. The molecule has 1 aliphatic rings. The number of para-hydroxylation sites is 2. The molecule has 0 spiro atoms. The van der Waals surface area contributed by atoms with E-state index < -0.39 is 12.1 Å². The minimum absolute atomic E-state index is 0.0559. The summed E-state index contributed by atoms with van der Waals surface area (Å²) in [5.74, 6) is 0.129. The summed E-state index contributed by atoms with van der Waals surface area (Å²) in [6.45, 7) is 3.85. The number of nitrogens with zero attached hydrogens (tertiary/aromatic N) is 3. The Labute approximate surface area is 179 Å². The van der Waals surface area contributed by atoms with Gasteiger partial charge in [-0.2, -0.15) is 0 Å². The Morgan fingerprint density at radius 2 is 1.81 bits per heavy atom. The van der Waals surface area contributed by atoms with Crippen molar-refractivity contribution in [1.82, 2.24) is 9.97 Å². The van der Waals surface area contributed by atoms with Crippen LogP contribution in [-0.2, 0) is 9.53 Å². The van der Waals surface area contributed by atoms with Gasteiger partial charge < -0.3 is 19.7 Å². The van der Waals surface area contributed by atoms with Crippen molar-refractivity contribution in [3.8, 4) is 5.75 Å². The molecule has 158 valence electrons. The Morgan fingerprint density at radius 3 is 2.55 bits per heavy atom. The zero-order valence-electron chi connectivity index (χ0n) is 17.5. The van der Waals surface area contributed by atoms with E-state index in [0.29, 0.717) is 28.6 Å². The molecule has 2 heterocycles. The van der Waals surface area contributed by atoms with E-state index >= 15 is 0 Å². The van der Waals surface area contributed by atoms with E-state index in [0.717, 1.165) is 11.4 Å². The van der Waals surface area contributed by atoms with Crippen molar-refractivity contribution in [2.75, 3.05) is 23.9 Å². The summed E-state index contributed by atoms with van der Waals surface area (Å²) < 4.78 is 10.5. The molecule has 2 aromatic carbocycles. The molecule has 0 fully saturated rings.